The van der Waals surface area contributed by atoms with Gasteiger partial charge in [-0.15, -0.1) is 0 Å². The first-order valence-electron chi connectivity index (χ1n) is 9.51. The zero-order valence-corrected chi connectivity index (χ0v) is 17.0. The van der Waals surface area contributed by atoms with Crippen molar-refractivity contribution >= 4 is 28.6 Å². The Morgan fingerprint density at radius 3 is 2.73 bits per heavy atom. The van der Waals surface area contributed by atoms with E-state index in [0.717, 1.165) is 16.8 Å². The van der Waals surface area contributed by atoms with Crippen LogP contribution in [0.4, 0.5) is 11.5 Å². The first-order valence-corrected chi connectivity index (χ1v) is 9.51. The van der Waals surface area contributed by atoms with Crippen LogP contribution in [-0.4, -0.2) is 23.0 Å². The van der Waals surface area contributed by atoms with Crippen molar-refractivity contribution in [2.45, 2.75) is 20.4 Å². The molecule has 0 aliphatic carbocycles. The average molecular weight is 402 g/mol. The van der Waals surface area contributed by atoms with Crippen LogP contribution >= 0.6 is 0 Å². The van der Waals surface area contributed by atoms with Gasteiger partial charge < -0.3 is 20.2 Å². The molecule has 0 saturated carbocycles. The summed E-state index contributed by atoms with van der Waals surface area (Å²) >= 11 is 0. The maximum Gasteiger partial charge on any atom is 0.338 e. The van der Waals surface area contributed by atoms with E-state index >= 15 is 0 Å². The number of benzene rings is 2. The zero-order chi connectivity index (χ0) is 21.3. The van der Waals surface area contributed by atoms with Crippen LogP contribution in [0.1, 0.15) is 27.2 Å². The highest BCUT2D eigenvalue weighted by Gasteiger charge is 2.17. The molecule has 0 radical (unpaired) electrons. The van der Waals surface area contributed by atoms with E-state index in [2.05, 4.69) is 15.3 Å². The number of anilines is 2. The Bertz CT molecular complexity index is 1250. The van der Waals surface area contributed by atoms with Crippen LogP contribution in [0.25, 0.3) is 22.6 Å². The normalized spacial score (nSPS) is 10.9. The lowest BCUT2D eigenvalue weighted by Crippen LogP contribution is -2.06. The summed E-state index contributed by atoms with van der Waals surface area (Å²) in [6.45, 7) is 4.44. The topological polar surface area (TPSA) is 103 Å². The fraction of sp³-hybridized carbons (Fsp3) is 0.174. The highest BCUT2D eigenvalue weighted by atomic mass is 16.5. The van der Waals surface area contributed by atoms with Crippen molar-refractivity contribution in [2.24, 2.45) is 0 Å². The molecular formula is C23H22N4O3. The quantitative estimate of drug-likeness (QED) is 0.474. The van der Waals surface area contributed by atoms with Gasteiger partial charge in [0.1, 0.15) is 11.3 Å². The molecule has 0 bridgehead atoms. The molecule has 7 nitrogen and oxygen atoms in total. The van der Waals surface area contributed by atoms with Gasteiger partial charge in [0, 0.05) is 12.2 Å². The van der Waals surface area contributed by atoms with Gasteiger partial charge in [0.25, 0.3) is 0 Å². The van der Waals surface area contributed by atoms with E-state index in [1.165, 1.54) is 7.11 Å². The third kappa shape index (κ3) is 3.69. The largest absolute Gasteiger partial charge is 0.465 e. The summed E-state index contributed by atoms with van der Waals surface area (Å²) in [4.78, 5) is 21.1. The number of hydrogen-bond acceptors (Lipinski definition) is 7. The molecule has 0 atom stereocenters. The minimum atomic E-state index is -0.434. The van der Waals surface area contributed by atoms with Crippen LogP contribution in [0.2, 0.25) is 0 Å². The minimum absolute atomic E-state index is 0.372. The van der Waals surface area contributed by atoms with Crippen molar-refractivity contribution in [2.75, 3.05) is 18.2 Å². The van der Waals surface area contributed by atoms with Gasteiger partial charge in [-0.2, -0.15) is 0 Å². The smallest absolute Gasteiger partial charge is 0.338 e. The van der Waals surface area contributed by atoms with Crippen molar-refractivity contribution < 1.29 is 13.9 Å². The number of carbonyl (C=O) groups excluding carboxylic acids is 1. The van der Waals surface area contributed by atoms with Gasteiger partial charge in [-0.05, 0) is 55.3 Å². The second kappa shape index (κ2) is 7.87. The van der Waals surface area contributed by atoms with Gasteiger partial charge in [0.2, 0.25) is 5.89 Å². The Kier molecular flexibility index (Phi) is 5.10. The van der Waals surface area contributed by atoms with E-state index in [-0.39, 0.29) is 0 Å². The lowest BCUT2D eigenvalue weighted by atomic mass is 10.1. The molecular weight excluding hydrogens is 380 g/mol. The second-order valence-electron chi connectivity index (χ2n) is 7.05. The number of aryl methyl sites for hydroxylation is 2. The number of fused-ring (bicyclic) bond motifs is 1. The average Bonchev–Trinajstić information content (AvgIpc) is 3.18. The lowest BCUT2D eigenvalue weighted by Gasteiger charge is -2.11. The predicted molar refractivity (Wildman–Crippen MR) is 116 cm³/mol. The number of nitrogens with two attached hydrogens (primary N) is 1. The number of carbonyl (C=O) groups is 1. The van der Waals surface area contributed by atoms with Crippen LogP contribution in [0, 0.1) is 13.8 Å². The van der Waals surface area contributed by atoms with Crippen molar-refractivity contribution in [1.82, 2.24) is 9.97 Å². The number of nitrogen functional groups attached to an aromatic ring is 1. The summed E-state index contributed by atoms with van der Waals surface area (Å²) in [7, 11) is 1.35. The summed E-state index contributed by atoms with van der Waals surface area (Å²) < 4.78 is 10.7. The monoisotopic (exact) mass is 402 g/mol. The van der Waals surface area contributed by atoms with E-state index in [4.69, 9.17) is 14.9 Å². The Morgan fingerprint density at radius 2 is 1.93 bits per heavy atom. The number of aromatic nitrogens is 2. The van der Waals surface area contributed by atoms with E-state index in [0.29, 0.717) is 46.2 Å². The molecule has 2 aromatic heterocycles. The van der Waals surface area contributed by atoms with Gasteiger partial charge in [0.15, 0.2) is 5.58 Å². The number of hydrogen-bond donors (Lipinski definition) is 2. The zero-order valence-electron chi connectivity index (χ0n) is 17.0. The van der Waals surface area contributed by atoms with Crippen LogP contribution in [0.15, 0.2) is 52.9 Å². The van der Waals surface area contributed by atoms with E-state index in [1.807, 2.05) is 44.2 Å². The molecule has 0 spiro atoms. The third-order valence-corrected chi connectivity index (χ3v) is 4.87. The second-order valence-corrected chi connectivity index (χ2v) is 7.05. The molecule has 4 rings (SSSR count). The number of rotatable bonds is 5. The van der Waals surface area contributed by atoms with E-state index < -0.39 is 5.97 Å². The van der Waals surface area contributed by atoms with Crippen LogP contribution in [0.5, 0.6) is 0 Å². The Morgan fingerprint density at radius 1 is 1.13 bits per heavy atom. The minimum Gasteiger partial charge on any atom is -0.465 e. The van der Waals surface area contributed by atoms with Gasteiger partial charge in [0.05, 0.1) is 23.9 Å². The summed E-state index contributed by atoms with van der Waals surface area (Å²) in [5.74, 6) is 0.605. The summed E-state index contributed by atoms with van der Waals surface area (Å²) in [5.41, 5.74) is 12.0. The molecule has 2 aromatic carbocycles. The summed E-state index contributed by atoms with van der Waals surface area (Å²) in [6, 6.07) is 14.8. The molecule has 3 N–H and O–H groups in total. The Labute approximate surface area is 173 Å². The first-order chi connectivity index (χ1) is 14.5. The molecule has 0 fully saturated rings. The van der Waals surface area contributed by atoms with Gasteiger partial charge >= 0.3 is 5.97 Å². The van der Waals surface area contributed by atoms with Crippen molar-refractivity contribution in [1.29, 1.82) is 0 Å². The number of nitrogens with zero attached hydrogens (tertiary/aromatic N) is 2. The number of methoxy groups -OCH3 is 1. The molecule has 0 aliphatic rings. The third-order valence-electron chi connectivity index (χ3n) is 4.87. The fourth-order valence-corrected chi connectivity index (χ4v) is 3.32. The molecule has 0 aliphatic heterocycles. The number of oxazole rings is 1. The summed E-state index contributed by atoms with van der Waals surface area (Å²) in [6.07, 6.45) is 0. The van der Waals surface area contributed by atoms with Crippen molar-refractivity contribution in [3.63, 3.8) is 0 Å². The highest BCUT2D eigenvalue weighted by molar-refractivity contribution is 5.96. The van der Waals surface area contributed by atoms with Crippen LogP contribution in [-0.2, 0) is 11.3 Å². The molecule has 2 heterocycles. The van der Waals surface area contributed by atoms with E-state index in [1.54, 1.807) is 18.2 Å². The van der Waals surface area contributed by atoms with Crippen LogP contribution < -0.4 is 11.1 Å². The van der Waals surface area contributed by atoms with Gasteiger partial charge in [-0.3, -0.25) is 0 Å². The lowest BCUT2D eigenvalue weighted by molar-refractivity contribution is 0.0601. The van der Waals surface area contributed by atoms with Gasteiger partial charge in [-0.1, -0.05) is 18.2 Å². The molecule has 0 amide bonds. The number of pyridine rings is 1. The fourth-order valence-electron chi connectivity index (χ4n) is 3.32. The van der Waals surface area contributed by atoms with Crippen LogP contribution in [0.3, 0.4) is 0 Å². The SMILES string of the molecule is COC(=O)c1ccccc1-c1nc2cc(CNc3nc(C)cc(C)c3N)ccc2o1. The molecule has 30 heavy (non-hydrogen) atoms. The maximum absolute atomic E-state index is 12.1. The predicted octanol–water partition coefficient (Wildman–Crippen LogP) is 4.49. The number of ether oxygens (including phenoxy) is 1. The number of esters is 1. The van der Waals surface area contributed by atoms with Crippen molar-refractivity contribution in [3.05, 3.63) is 70.9 Å². The summed E-state index contributed by atoms with van der Waals surface area (Å²) in [5, 5.41) is 3.29. The number of nitrogens with one attached hydrogen (secondary N) is 1. The standard InChI is InChI=1S/C23H22N4O3/c1-13-10-14(2)26-21(20(13)24)25-12-15-8-9-19-18(11-15)27-22(30-19)16-6-4-5-7-17(16)23(28)29-3/h4-11H,12,24H2,1-3H3,(H,25,26). The maximum atomic E-state index is 12.1. The first kappa shape index (κ1) is 19.4. The molecule has 152 valence electrons. The van der Waals surface area contributed by atoms with Crippen molar-refractivity contribution in [3.8, 4) is 11.5 Å². The van der Waals surface area contributed by atoms with E-state index in [9.17, 15) is 4.79 Å². The molecule has 0 unspecified atom stereocenters. The van der Waals surface area contributed by atoms with Gasteiger partial charge in [-0.25, -0.2) is 14.8 Å². The Balaban J connectivity index is 1.62. The molecule has 7 heteroatoms. The molecule has 4 aromatic rings. The Hall–Kier alpha value is -3.87. The molecule has 0 saturated heterocycles. The highest BCUT2D eigenvalue weighted by Crippen LogP contribution is 2.28.